The lowest BCUT2D eigenvalue weighted by Gasteiger charge is -2.42. The monoisotopic (exact) mass is 263 g/mol. The van der Waals surface area contributed by atoms with Crippen molar-refractivity contribution in [2.45, 2.75) is 44.4 Å². The summed E-state index contributed by atoms with van der Waals surface area (Å²) in [6.45, 7) is 5.07. The minimum Gasteiger partial charge on any atom is -0.493 e. The summed E-state index contributed by atoms with van der Waals surface area (Å²) >= 11 is 0. The quantitative estimate of drug-likeness (QED) is 0.887. The molecule has 2 rings (SSSR count). The number of rotatable bonds is 5. The second-order valence-electron chi connectivity index (χ2n) is 5.80. The van der Waals surface area contributed by atoms with Crippen molar-refractivity contribution in [2.75, 3.05) is 20.8 Å². The molecule has 0 saturated heterocycles. The Kier molecular flexibility index (Phi) is 4.04. The Balaban J connectivity index is 2.59. The number of methoxy groups -OCH3 is 2. The summed E-state index contributed by atoms with van der Waals surface area (Å²) in [7, 11) is 3.40. The fourth-order valence-corrected chi connectivity index (χ4v) is 2.90. The molecule has 0 heterocycles. The maximum atomic E-state index is 6.05. The van der Waals surface area contributed by atoms with E-state index in [4.69, 9.17) is 15.2 Å². The molecule has 1 fully saturated rings. The van der Waals surface area contributed by atoms with Gasteiger partial charge in [0.1, 0.15) is 0 Å². The van der Waals surface area contributed by atoms with Crippen molar-refractivity contribution >= 4 is 0 Å². The van der Waals surface area contributed by atoms with Gasteiger partial charge in [-0.15, -0.1) is 0 Å². The van der Waals surface area contributed by atoms with Crippen molar-refractivity contribution in [1.82, 2.24) is 0 Å². The predicted molar refractivity (Wildman–Crippen MR) is 78.2 cm³/mol. The Bertz CT molecular complexity index is 445. The van der Waals surface area contributed by atoms with Crippen LogP contribution in [0.5, 0.6) is 11.5 Å². The van der Waals surface area contributed by atoms with Crippen LogP contribution < -0.4 is 15.2 Å². The van der Waals surface area contributed by atoms with Crippen LogP contribution in [-0.2, 0) is 5.41 Å². The van der Waals surface area contributed by atoms with E-state index < -0.39 is 0 Å². The molecule has 0 spiro atoms. The first-order chi connectivity index (χ1) is 9.07. The minimum atomic E-state index is 0.0868. The molecule has 0 bridgehead atoms. The summed E-state index contributed by atoms with van der Waals surface area (Å²) in [5, 5.41) is 0. The Morgan fingerprint density at radius 2 is 1.89 bits per heavy atom. The van der Waals surface area contributed by atoms with Crippen LogP contribution in [0.15, 0.2) is 12.1 Å². The van der Waals surface area contributed by atoms with E-state index in [1.807, 2.05) is 0 Å². The molecular formula is C16H25NO2. The van der Waals surface area contributed by atoms with Crippen LogP contribution in [0.1, 0.15) is 50.2 Å². The van der Waals surface area contributed by atoms with Gasteiger partial charge >= 0.3 is 0 Å². The Morgan fingerprint density at radius 1 is 1.21 bits per heavy atom. The molecule has 1 aliphatic rings. The Hall–Kier alpha value is -1.22. The van der Waals surface area contributed by atoms with Gasteiger partial charge in [-0.25, -0.2) is 0 Å². The first-order valence-corrected chi connectivity index (χ1v) is 7.04. The largest absolute Gasteiger partial charge is 0.493 e. The number of hydrogen-bond donors (Lipinski definition) is 1. The van der Waals surface area contributed by atoms with Crippen LogP contribution in [0.4, 0.5) is 0 Å². The molecule has 1 aliphatic carbocycles. The Labute approximate surface area is 116 Å². The molecular weight excluding hydrogens is 238 g/mol. The number of nitrogens with two attached hydrogens (primary N) is 1. The van der Waals surface area contributed by atoms with Crippen LogP contribution in [-0.4, -0.2) is 20.8 Å². The highest BCUT2D eigenvalue weighted by Crippen LogP contribution is 2.49. The maximum Gasteiger partial charge on any atom is 0.164 e. The molecule has 0 amide bonds. The van der Waals surface area contributed by atoms with Crippen LogP contribution in [0.25, 0.3) is 0 Å². The maximum absolute atomic E-state index is 6.05. The standard InChI is InChI=1S/C16H25NO2/c1-11(2)12-8-13(16(10-17)6-5-7-16)15(19-4)14(9-12)18-3/h8-9,11H,5-7,10,17H2,1-4H3. The van der Waals surface area contributed by atoms with Gasteiger partial charge in [-0.1, -0.05) is 26.3 Å². The van der Waals surface area contributed by atoms with Crippen LogP contribution in [0.2, 0.25) is 0 Å². The molecule has 0 aromatic heterocycles. The van der Waals surface area contributed by atoms with Crippen molar-refractivity contribution in [1.29, 1.82) is 0 Å². The summed E-state index contributed by atoms with van der Waals surface area (Å²) in [4.78, 5) is 0. The van der Waals surface area contributed by atoms with Crippen molar-refractivity contribution in [3.05, 3.63) is 23.3 Å². The third-order valence-corrected chi connectivity index (χ3v) is 4.44. The third kappa shape index (κ3) is 2.32. The van der Waals surface area contributed by atoms with E-state index in [0.29, 0.717) is 12.5 Å². The lowest BCUT2D eigenvalue weighted by molar-refractivity contribution is 0.240. The van der Waals surface area contributed by atoms with Gasteiger partial charge in [0.2, 0.25) is 0 Å². The van der Waals surface area contributed by atoms with Crippen molar-refractivity contribution in [3.63, 3.8) is 0 Å². The summed E-state index contributed by atoms with van der Waals surface area (Å²) in [6, 6.07) is 4.34. The van der Waals surface area contributed by atoms with E-state index in [9.17, 15) is 0 Å². The number of hydrogen-bond acceptors (Lipinski definition) is 3. The molecule has 3 nitrogen and oxygen atoms in total. The third-order valence-electron chi connectivity index (χ3n) is 4.44. The zero-order chi connectivity index (χ0) is 14.0. The molecule has 0 atom stereocenters. The zero-order valence-corrected chi connectivity index (χ0v) is 12.5. The smallest absolute Gasteiger partial charge is 0.164 e. The van der Waals surface area contributed by atoms with Crippen LogP contribution >= 0.6 is 0 Å². The van der Waals surface area contributed by atoms with Crippen molar-refractivity contribution < 1.29 is 9.47 Å². The van der Waals surface area contributed by atoms with Gasteiger partial charge in [-0.05, 0) is 30.4 Å². The highest BCUT2D eigenvalue weighted by molar-refractivity contribution is 5.54. The summed E-state index contributed by atoms with van der Waals surface area (Å²) in [6.07, 6.45) is 3.53. The predicted octanol–water partition coefficient (Wildman–Crippen LogP) is 3.21. The highest BCUT2D eigenvalue weighted by atomic mass is 16.5. The first kappa shape index (κ1) is 14.2. The lowest BCUT2D eigenvalue weighted by atomic mass is 9.64. The van der Waals surface area contributed by atoms with E-state index in [2.05, 4.69) is 26.0 Å². The Morgan fingerprint density at radius 3 is 2.26 bits per heavy atom. The van der Waals surface area contributed by atoms with Crippen LogP contribution in [0.3, 0.4) is 0 Å². The highest BCUT2D eigenvalue weighted by Gasteiger charge is 2.40. The lowest BCUT2D eigenvalue weighted by Crippen LogP contribution is -2.42. The van der Waals surface area contributed by atoms with Gasteiger partial charge in [0, 0.05) is 17.5 Å². The molecule has 1 saturated carbocycles. The molecule has 19 heavy (non-hydrogen) atoms. The van der Waals surface area contributed by atoms with Crippen molar-refractivity contribution in [3.8, 4) is 11.5 Å². The second-order valence-corrected chi connectivity index (χ2v) is 5.80. The summed E-state index contributed by atoms with van der Waals surface area (Å²) in [5.41, 5.74) is 8.65. The van der Waals surface area contributed by atoms with Gasteiger partial charge in [0.15, 0.2) is 11.5 Å². The summed E-state index contributed by atoms with van der Waals surface area (Å²) < 4.78 is 11.1. The first-order valence-electron chi connectivity index (χ1n) is 7.04. The van der Waals surface area contributed by atoms with E-state index in [-0.39, 0.29) is 5.41 Å². The van der Waals surface area contributed by atoms with Gasteiger partial charge in [-0.2, -0.15) is 0 Å². The van der Waals surface area contributed by atoms with Gasteiger partial charge < -0.3 is 15.2 Å². The van der Waals surface area contributed by atoms with E-state index in [1.54, 1.807) is 14.2 Å². The van der Waals surface area contributed by atoms with E-state index in [0.717, 1.165) is 24.3 Å². The summed E-state index contributed by atoms with van der Waals surface area (Å²) in [5.74, 6) is 2.15. The SMILES string of the molecule is COc1cc(C(C)C)cc(C2(CN)CCC2)c1OC. The van der Waals surface area contributed by atoms with E-state index >= 15 is 0 Å². The average molecular weight is 263 g/mol. The van der Waals surface area contributed by atoms with Crippen LogP contribution in [0, 0.1) is 0 Å². The number of benzene rings is 1. The molecule has 1 aromatic carbocycles. The van der Waals surface area contributed by atoms with Crippen molar-refractivity contribution in [2.24, 2.45) is 5.73 Å². The molecule has 3 heteroatoms. The van der Waals surface area contributed by atoms with Gasteiger partial charge in [0.25, 0.3) is 0 Å². The molecule has 0 radical (unpaired) electrons. The van der Waals surface area contributed by atoms with Gasteiger partial charge in [-0.3, -0.25) is 0 Å². The minimum absolute atomic E-state index is 0.0868. The molecule has 0 aliphatic heterocycles. The normalized spacial score (nSPS) is 17.2. The number of ether oxygens (including phenoxy) is 2. The van der Waals surface area contributed by atoms with E-state index in [1.165, 1.54) is 17.5 Å². The fourth-order valence-electron chi connectivity index (χ4n) is 2.90. The fraction of sp³-hybridized carbons (Fsp3) is 0.625. The molecule has 2 N–H and O–H groups in total. The molecule has 1 aromatic rings. The second kappa shape index (κ2) is 5.41. The molecule has 106 valence electrons. The molecule has 0 unspecified atom stereocenters. The topological polar surface area (TPSA) is 44.5 Å². The average Bonchev–Trinajstić information content (AvgIpc) is 2.37. The zero-order valence-electron chi connectivity index (χ0n) is 12.5. The van der Waals surface area contributed by atoms with Gasteiger partial charge in [0.05, 0.1) is 14.2 Å².